The summed E-state index contributed by atoms with van der Waals surface area (Å²) in [4.78, 5) is 30.9. The third kappa shape index (κ3) is 4.94. The average Bonchev–Trinajstić information content (AvgIpc) is 3.16. The molecule has 1 aliphatic heterocycles. The van der Waals surface area contributed by atoms with E-state index in [-0.39, 0.29) is 24.3 Å². The van der Waals surface area contributed by atoms with Gasteiger partial charge in [0.05, 0.1) is 27.2 Å². The fraction of sp³-hybridized carbons (Fsp3) is 0.286. The quantitative estimate of drug-likeness (QED) is 0.479. The Morgan fingerprint density at radius 3 is 2.97 bits per heavy atom. The molecule has 2 atom stereocenters. The Labute approximate surface area is 192 Å². The second-order valence-corrected chi connectivity index (χ2v) is 10.6. The lowest BCUT2D eigenvalue weighted by Crippen LogP contribution is -2.36. The van der Waals surface area contributed by atoms with Gasteiger partial charge >= 0.3 is 0 Å². The molecule has 1 aliphatic rings. The molecule has 0 spiro atoms. The van der Waals surface area contributed by atoms with Gasteiger partial charge in [0.2, 0.25) is 11.8 Å². The number of rotatable bonds is 7. The van der Waals surface area contributed by atoms with Crippen LogP contribution in [0.3, 0.4) is 0 Å². The number of anilines is 1. The SMILES string of the molecule is CSCC[C@H](NC(=O)C[C@@H]1Sc2ccc(Cl)cc2NC1=O)c1nc2ccccc2s1. The van der Waals surface area contributed by atoms with Gasteiger partial charge in [0.25, 0.3) is 0 Å². The first-order chi connectivity index (χ1) is 14.5. The van der Waals surface area contributed by atoms with Gasteiger partial charge < -0.3 is 10.6 Å². The third-order valence-corrected chi connectivity index (χ3v) is 7.99. The minimum Gasteiger partial charge on any atom is -0.347 e. The topological polar surface area (TPSA) is 71.1 Å². The highest BCUT2D eigenvalue weighted by Crippen LogP contribution is 2.38. The second-order valence-electron chi connectivity index (χ2n) is 6.86. The maximum Gasteiger partial charge on any atom is 0.238 e. The normalized spacial score (nSPS) is 16.7. The maximum absolute atomic E-state index is 12.8. The molecule has 156 valence electrons. The summed E-state index contributed by atoms with van der Waals surface area (Å²) in [6, 6.07) is 13.2. The van der Waals surface area contributed by atoms with E-state index in [0.717, 1.165) is 32.3 Å². The van der Waals surface area contributed by atoms with E-state index >= 15 is 0 Å². The summed E-state index contributed by atoms with van der Waals surface area (Å²) in [7, 11) is 0. The van der Waals surface area contributed by atoms with Gasteiger partial charge in [-0.1, -0.05) is 23.7 Å². The van der Waals surface area contributed by atoms with Crippen LogP contribution in [0.4, 0.5) is 5.69 Å². The van der Waals surface area contributed by atoms with Crippen molar-refractivity contribution in [2.75, 3.05) is 17.3 Å². The van der Waals surface area contributed by atoms with E-state index in [4.69, 9.17) is 16.6 Å². The number of aromatic nitrogens is 1. The molecule has 30 heavy (non-hydrogen) atoms. The van der Waals surface area contributed by atoms with Crippen LogP contribution in [-0.4, -0.2) is 34.1 Å². The van der Waals surface area contributed by atoms with Crippen LogP contribution < -0.4 is 10.6 Å². The Morgan fingerprint density at radius 1 is 1.33 bits per heavy atom. The molecule has 2 aromatic carbocycles. The minimum absolute atomic E-state index is 0.110. The standard InChI is InChI=1S/C21H20ClN3O2S3/c1-28-9-8-14(21-25-13-4-2-3-5-16(13)30-21)23-19(26)11-18-20(27)24-15-10-12(22)6-7-17(15)29-18/h2-7,10,14,18H,8-9,11H2,1H3,(H,23,26)(H,24,27)/t14-,18-/m0/s1. The first-order valence-electron chi connectivity index (χ1n) is 9.44. The number of fused-ring (bicyclic) bond motifs is 2. The number of hydrogen-bond donors (Lipinski definition) is 2. The molecule has 5 nitrogen and oxygen atoms in total. The van der Waals surface area contributed by atoms with Crippen LogP contribution in [0.5, 0.6) is 0 Å². The van der Waals surface area contributed by atoms with Gasteiger partial charge in [-0.25, -0.2) is 4.98 Å². The molecule has 2 N–H and O–H groups in total. The molecule has 0 radical (unpaired) electrons. The number of halogens is 1. The molecule has 2 heterocycles. The molecular weight excluding hydrogens is 458 g/mol. The lowest BCUT2D eigenvalue weighted by molar-refractivity contribution is -0.124. The zero-order valence-corrected chi connectivity index (χ0v) is 19.4. The molecule has 9 heteroatoms. The number of thiazole rings is 1. The van der Waals surface area contributed by atoms with Crippen LogP contribution in [-0.2, 0) is 9.59 Å². The number of carbonyl (C=O) groups is 2. The highest BCUT2D eigenvalue weighted by atomic mass is 35.5. The average molecular weight is 478 g/mol. The summed E-state index contributed by atoms with van der Waals surface area (Å²) in [6.07, 6.45) is 2.95. The fourth-order valence-electron chi connectivity index (χ4n) is 3.21. The zero-order valence-electron chi connectivity index (χ0n) is 16.2. The molecule has 0 bridgehead atoms. The van der Waals surface area contributed by atoms with E-state index in [1.54, 1.807) is 35.2 Å². The Bertz CT molecular complexity index is 1060. The Kier molecular flexibility index (Phi) is 6.87. The molecule has 3 aromatic rings. The van der Waals surface area contributed by atoms with Crippen molar-refractivity contribution in [3.63, 3.8) is 0 Å². The van der Waals surface area contributed by atoms with Gasteiger partial charge in [-0.15, -0.1) is 23.1 Å². The molecule has 1 aromatic heterocycles. The first kappa shape index (κ1) is 21.5. The highest BCUT2D eigenvalue weighted by molar-refractivity contribution is 8.01. The number of benzene rings is 2. The number of hydrogen-bond acceptors (Lipinski definition) is 6. The largest absolute Gasteiger partial charge is 0.347 e. The zero-order chi connectivity index (χ0) is 21.1. The van der Waals surface area contributed by atoms with Crippen LogP contribution >= 0.6 is 46.5 Å². The molecule has 2 amide bonds. The number of nitrogens with one attached hydrogen (secondary N) is 2. The van der Waals surface area contributed by atoms with Gasteiger partial charge in [0.1, 0.15) is 5.01 Å². The third-order valence-electron chi connectivity index (χ3n) is 4.69. The summed E-state index contributed by atoms with van der Waals surface area (Å²) >= 11 is 10.7. The van der Waals surface area contributed by atoms with E-state index < -0.39 is 5.25 Å². The summed E-state index contributed by atoms with van der Waals surface area (Å²) in [5.41, 5.74) is 1.64. The van der Waals surface area contributed by atoms with E-state index in [9.17, 15) is 9.59 Å². The van der Waals surface area contributed by atoms with Gasteiger partial charge in [-0.05, 0) is 48.8 Å². The first-order valence-corrected chi connectivity index (χ1v) is 12.9. The van der Waals surface area contributed by atoms with Crippen molar-refractivity contribution in [2.24, 2.45) is 0 Å². The van der Waals surface area contributed by atoms with Crippen LogP contribution in [0, 0.1) is 0 Å². The predicted molar refractivity (Wildman–Crippen MR) is 128 cm³/mol. The van der Waals surface area contributed by atoms with Crippen molar-refractivity contribution in [3.05, 3.63) is 52.5 Å². The monoisotopic (exact) mass is 477 g/mol. The van der Waals surface area contributed by atoms with Crippen molar-refractivity contribution in [1.29, 1.82) is 0 Å². The lowest BCUT2D eigenvalue weighted by atomic mass is 10.2. The van der Waals surface area contributed by atoms with Crippen molar-refractivity contribution in [3.8, 4) is 0 Å². The van der Waals surface area contributed by atoms with E-state index in [1.807, 2.05) is 36.6 Å². The van der Waals surface area contributed by atoms with Crippen molar-refractivity contribution < 1.29 is 9.59 Å². The number of carbonyl (C=O) groups excluding carboxylic acids is 2. The molecule has 0 aliphatic carbocycles. The summed E-state index contributed by atoms with van der Waals surface area (Å²) in [6.45, 7) is 0. The molecule has 0 unspecified atom stereocenters. The van der Waals surface area contributed by atoms with Gasteiger partial charge in [0.15, 0.2) is 0 Å². The molecule has 4 rings (SSSR count). The van der Waals surface area contributed by atoms with Gasteiger partial charge in [0, 0.05) is 16.3 Å². The smallest absolute Gasteiger partial charge is 0.238 e. The van der Waals surface area contributed by atoms with E-state index in [0.29, 0.717) is 10.7 Å². The van der Waals surface area contributed by atoms with Gasteiger partial charge in [-0.2, -0.15) is 11.8 Å². The van der Waals surface area contributed by atoms with Gasteiger partial charge in [-0.3, -0.25) is 9.59 Å². The number of nitrogens with zero attached hydrogens (tertiary/aromatic N) is 1. The molecule has 0 saturated carbocycles. The van der Waals surface area contributed by atoms with E-state index in [1.165, 1.54) is 11.8 Å². The lowest BCUT2D eigenvalue weighted by Gasteiger charge is -2.24. The van der Waals surface area contributed by atoms with E-state index in [2.05, 4.69) is 10.6 Å². The highest BCUT2D eigenvalue weighted by Gasteiger charge is 2.30. The number of para-hydroxylation sites is 1. The number of thioether (sulfide) groups is 2. The summed E-state index contributed by atoms with van der Waals surface area (Å²) in [5, 5.41) is 6.96. The molecule has 0 saturated heterocycles. The Hall–Kier alpha value is -1.74. The fourth-order valence-corrected chi connectivity index (χ4v) is 6.00. The minimum atomic E-state index is -0.477. The van der Waals surface area contributed by atoms with Crippen LogP contribution in [0.2, 0.25) is 5.02 Å². The Balaban J connectivity index is 1.46. The summed E-state index contributed by atoms with van der Waals surface area (Å²) in [5.74, 6) is 0.587. The predicted octanol–water partition coefficient (Wildman–Crippen LogP) is 5.36. The molecule has 0 fully saturated rings. The second kappa shape index (κ2) is 9.60. The van der Waals surface area contributed by atoms with Crippen molar-refractivity contribution in [2.45, 2.75) is 29.0 Å². The van der Waals surface area contributed by atoms with Crippen molar-refractivity contribution >= 4 is 74.2 Å². The van der Waals surface area contributed by atoms with Crippen LogP contribution in [0.1, 0.15) is 23.9 Å². The van der Waals surface area contributed by atoms with Crippen LogP contribution in [0.25, 0.3) is 10.2 Å². The van der Waals surface area contributed by atoms with Crippen molar-refractivity contribution in [1.82, 2.24) is 10.3 Å². The molecular formula is C21H20ClN3O2S3. The summed E-state index contributed by atoms with van der Waals surface area (Å²) < 4.78 is 1.10. The maximum atomic E-state index is 12.8. The number of amides is 2. The van der Waals surface area contributed by atoms with Crippen LogP contribution in [0.15, 0.2) is 47.4 Å². The Morgan fingerprint density at radius 2 is 2.17 bits per heavy atom.